The molecule has 4 aliphatic carbocycles. The first-order chi connectivity index (χ1) is 21.0. The molecule has 7 atom stereocenters. The van der Waals surface area contributed by atoms with Crippen LogP contribution in [0, 0.1) is 28.6 Å². The molecule has 0 aromatic rings. The molecule has 4 aliphatic rings. The summed E-state index contributed by atoms with van der Waals surface area (Å²) in [6.07, 6.45) is 20.9. The molecule has 248 valence electrons. The van der Waals surface area contributed by atoms with Gasteiger partial charge in [0.1, 0.15) is 18.0 Å². The van der Waals surface area contributed by atoms with E-state index in [0.717, 1.165) is 31.3 Å². The van der Waals surface area contributed by atoms with Crippen LogP contribution in [0.2, 0.25) is 0 Å². The molecule has 3 saturated carbocycles. The van der Waals surface area contributed by atoms with Crippen LogP contribution in [0.25, 0.3) is 0 Å². The van der Waals surface area contributed by atoms with E-state index in [2.05, 4.69) is 6.92 Å². The molecule has 0 unspecified atom stereocenters. The zero-order valence-corrected chi connectivity index (χ0v) is 27.6. The zero-order valence-electron chi connectivity index (χ0n) is 27.6. The Hall–Kier alpha value is -1.83. The van der Waals surface area contributed by atoms with Gasteiger partial charge in [-0.15, -0.1) is 0 Å². The van der Waals surface area contributed by atoms with Crippen LogP contribution in [0.3, 0.4) is 0 Å². The molecule has 0 radical (unpaired) electrons. The van der Waals surface area contributed by atoms with Gasteiger partial charge in [-0.25, -0.2) is 0 Å². The van der Waals surface area contributed by atoms with Crippen molar-refractivity contribution in [1.82, 2.24) is 0 Å². The molecular weight excluding hydrogens is 556 g/mol. The van der Waals surface area contributed by atoms with Gasteiger partial charge in [-0.3, -0.25) is 14.4 Å². The Kier molecular flexibility index (Phi) is 12.1. The summed E-state index contributed by atoms with van der Waals surface area (Å²) in [5.74, 6) is -1.15. The molecule has 44 heavy (non-hydrogen) atoms. The van der Waals surface area contributed by atoms with Crippen LogP contribution >= 0.6 is 0 Å². The summed E-state index contributed by atoms with van der Waals surface area (Å²) in [5, 5.41) is 32.8. The quantitative estimate of drug-likeness (QED) is 0.120. The Labute approximate surface area is 264 Å². The first-order valence-corrected chi connectivity index (χ1v) is 17.8. The Morgan fingerprint density at radius 3 is 2.09 bits per heavy atom. The van der Waals surface area contributed by atoms with Crippen molar-refractivity contribution in [2.45, 2.75) is 154 Å². The third-order valence-electron chi connectivity index (χ3n) is 12.1. The van der Waals surface area contributed by atoms with Crippen molar-refractivity contribution in [3.63, 3.8) is 0 Å². The average Bonchev–Trinajstić information content (AvgIpc) is 3.26. The number of fused-ring (bicyclic) bond motifs is 5. The Morgan fingerprint density at radius 1 is 0.909 bits per heavy atom. The highest BCUT2D eigenvalue weighted by molar-refractivity contribution is 6.02. The highest BCUT2D eigenvalue weighted by Crippen LogP contribution is 2.68. The minimum absolute atomic E-state index is 0.0252. The number of hydrogen-bond acceptors (Lipinski definition) is 7. The largest absolute Gasteiger partial charge is 0.430 e. The summed E-state index contributed by atoms with van der Waals surface area (Å²) in [4.78, 5) is 38.5. The van der Waals surface area contributed by atoms with Crippen LogP contribution in [0.1, 0.15) is 143 Å². The summed E-state index contributed by atoms with van der Waals surface area (Å²) in [7, 11) is 0. The van der Waals surface area contributed by atoms with E-state index in [1.807, 2.05) is 13.8 Å². The van der Waals surface area contributed by atoms with Crippen molar-refractivity contribution < 1.29 is 34.4 Å². The fourth-order valence-electron chi connectivity index (χ4n) is 9.59. The number of esters is 1. The molecule has 7 heteroatoms. The highest BCUT2D eigenvalue weighted by Gasteiger charge is 2.69. The number of allylic oxidation sites excluding steroid dienone is 3. The molecule has 3 fully saturated rings. The second-order valence-corrected chi connectivity index (χ2v) is 14.8. The second kappa shape index (κ2) is 15.2. The number of unbranched alkanes of at least 4 members (excludes halogenated alkanes) is 12. The molecule has 0 heterocycles. The van der Waals surface area contributed by atoms with Gasteiger partial charge >= 0.3 is 5.97 Å². The maximum atomic E-state index is 13.1. The fraction of sp³-hybridized carbons (Fsp3) is 0.811. The number of hydrogen-bond donors (Lipinski definition) is 3. The molecular formula is C37H58O7. The lowest BCUT2D eigenvalue weighted by molar-refractivity contribution is -0.182. The average molecular weight is 615 g/mol. The lowest BCUT2D eigenvalue weighted by Gasteiger charge is -2.60. The van der Waals surface area contributed by atoms with Crippen LogP contribution in [-0.2, 0) is 19.1 Å². The van der Waals surface area contributed by atoms with E-state index >= 15 is 0 Å². The number of rotatable bonds is 17. The van der Waals surface area contributed by atoms with E-state index in [1.54, 1.807) is 6.08 Å². The SMILES string of the molecule is CCCCCCCCCCCCCCCC(=O)OC1=CC(=O)C=C2CC[C@@H]3[C@H]([C@@H](O)C[C@@]4(C)[C@H]3CC[C@]4(O)C(=O)CO)[C@]21C. The summed E-state index contributed by atoms with van der Waals surface area (Å²) in [6.45, 7) is 5.39. The molecule has 0 aromatic carbocycles. The van der Waals surface area contributed by atoms with Crippen molar-refractivity contribution >= 4 is 17.5 Å². The molecule has 0 saturated heterocycles. The lowest BCUT2D eigenvalue weighted by Crippen LogP contribution is -2.62. The van der Waals surface area contributed by atoms with Crippen LogP contribution < -0.4 is 0 Å². The third-order valence-corrected chi connectivity index (χ3v) is 12.1. The van der Waals surface area contributed by atoms with Crippen molar-refractivity contribution in [2.75, 3.05) is 6.61 Å². The van der Waals surface area contributed by atoms with E-state index in [9.17, 15) is 29.7 Å². The van der Waals surface area contributed by atoms with E-state index in [0.29, 0.717) is 25.0 Å². The van der Waals surface area contributed by atoms with E-state index < -0.39 is 34.9 Å². The number of ketones is 2. The molecule has 0 aliphatic heterocycles. The van der Waals surface area contributed by atoms with Crippen molar-refractivity contribution in [3.8, 4) is 0 Å². The molecule has 0 spiro atoms. The first kappa shape index (κ1) is 35.0. The number of carbonyl (C=O) groups excluding carboxylic acids is 3. The van der Waals surface area contributed by atoms with Crippen molar-refractivity contribution in [2.24, 2.45) is 28.6 Å². The molecule has 3 N–H and O–H groups in total. The minimum Gasteiger partial charge on any atom is -0.430 e. The molecule has 7 nitrogen and oxygen atoms in total. The van der Waals surface area contributed by atoms with Gasteiger partial charge in [0.2, 0.25) is 0 Å². The number of carbonyl (C=O) groups is 3. The Morgan fingerprint density at radius 2 is 1.50 bits per heavy atom. The van der Waals surface area contributed by atoms with Gasteiger partial charge in [-0.05, 0) is 63.4 Å². The predicted octanol–water partition coefficient (Wildman–Crippen LogP) is 6.91. The Bertz CT molecular complexity index is 1090. The number of Topliss-reactive ketones (excluding diaryl/α,β-unsaturated/α-hetero) is 1. The van der Waals surface area contributed by atoms with Gasteiger partial charge in [0, 0.05) is 23.8 Å². The van der Waals surface area contributed by atoms with Gasteiger partial charge in [0.15, 0.2) is 11.6 Å². The van der Waals surface area contributed by atoms with Gasteiger partial charge in [0.05, 0.1) is 11.5 Å². The molecule has 0 aromatic heterocycles. The third kappa shape index (κ3) is 6.95. The summed E-state index contributed by atoms with van der Waals surface area (Å²) in [6, 6.07) is 0. The number of ether oxygens (including phenoxy) is 1. The lowest BCUT2D eigenvalue weighted by atomic mass is 9.45. The summed E-state index contributed by atoms with van der Waals surface area (Å²) < 4.78 is 5.98. The normalized spacial score (nSPS) is 34.5. The number of aliphatic hydroxyl groups excluding tert-OH is 2. The van der Waals surface area contributed by atoms with Gasteiger partial charge in [0.25, 0.3) is 0 Å². The summed E-state index contributed by atoms with van der Waals surface area (Å²) >= 11 is 0. The van der Waals surface area contributed by atoms with Gasteiger partial charge in [-0.2, -0.15) is 0 Å². The smallest absolute Gasteiger partial charge is 0.310 e. The minimum atomic E-state index is -1.67. The monoisotopic (exact) mass is 614 g/mol. The van der Waals surface area contributed by atoms with E-state index in [1.165, 1.54) is 70.3 Å². The second-order valence-electron chi connectivity index (χ2n) is 14.8. The number of aliphatic hydroxyl groups is 3. The van der Waals surface area contributed by atoms with Gasteiger partial charge < -0.3 is 20.1 Å². The molecule has 0 amide bonds. The van der Waals surface area contributed by atoms with Crippen LogP contribution in [0.5, 0.6) is 0 Å². The predicted molar refractivity (Wildman–Crippen MR) is 170 cm³/mol. The standard InChI is InChI=1S/C37H58O7/c1-4-5-6-7-8-9-10-11-12-13-14-15-16-17-33(42)44-32-23-27(39)22-26-18-19-28-29-20-21-37(43,31(41)25-38)35(29,2)24-30(40)34(28)36(26,32)3/h22-23,28-30,34,38,40,43H,4-21,24-25H2,1-3H3/t28-,29-,30-,34+,35-,36+,37-/m0/s1. The topological polar surface area (TPSA) is 121 Å². The Balaban J connectivity index is 1.30. The summed E-state index contributed by atoms with van der Waals surface area (Å²) in [5.41, 5.74) is -2.45. The molecule has 0 bridgehead atoms. The van der Waals surface area contributed by atoms with Crippen molar-refractivity contribution in [3.05, 3.63) is 23.5 Å². The fourth-order valence-corrected chi connectivity index (χ4v) is 9.59. The zero-order chi connectivity index (χ0) is 32.0. The maximum Gasteiger partial charge on any atom is 0.310 e. The van der Waals surface area contributed by atoms with Crippen LogP contribution in [-0.4, -0.2) is 51.2 Å². The first-order valence-electron chi connectivity index (χ1n) is 17.8. The maximum absolute atomic E-state index is 13.1. The van der Waals surface area contributed by atoms with E-state index in [4.69, 9.17) is 4.74 Å². The highest BCUT2D eigenvalue weighted by atomic mass is 16.5. The van der Waals surface area contributed by atoms with Crippen molar-refractivity contribution in [1.29, 1.82) is 0 Å². The van der Waals surface area contributed by atoms with Crippen LogP contribution in [0.4, 0.5) is 0 Å². The van der Waals surface area contributed by atoms with E-state index in [-0.39, 0.29) is 42.3 Å². The van der Waals surface area contributed by atoms with Gasteiger partial charge in [-0.1, -0.05) is 96.5 Å². The van der Waals surface area contributed by atoms with Crippen LogP contribution in [0.15, 0.2) is 23.5 Å². The molecule has 4 rings (SSSR count).